The van der Waals surface area contributed by atoms with Crippen LogP contribution in [0.3, 0.4) is 0 Å². The van der Waals surface area contributed by atoms with Crippen molar-refractivity contribution in [3.63, 3.8) is 0 Å². The molecule has 2 fully saturated rings. The van der Waals surface area contributed by atoms with Crippen LogP contribution in [0.15, 0.2) is 6.07 Å². The lowest BCUT2D eigenvalue weighted by Gasteiger charge is -2.22. The summed E-state index contributed by atoms with van der Waals surface area (Å²) in [6.45, 7) is 3.05. The molecule has 3 rings (SSSR count). The van der Waals surface area contributed by atoms with Crippen LogP contribution in [0, 0.1) is 0 Å². The third kappa shape index (κ3) is 5.05. The van der Waals surface area contributed by atoms with Gasteiger partial charge in [-0.05, 0) is 57.7 Å². The monoisotopic (exact) mass is 348 g/mol. The molecule has 140 valence electrons. The molecule has 6 nitrogen and oxygen atoms in total. The van der Waals surface area contributed by atoms with E-state index in [1.165, 1.54) is 38.5 Å². The van der Waals surface area contributed by atoms with Crippen molar-refractivity contribution in [1.82, 2.24) is 20.4 Å². The molecule has 0 aromatic carbocycles. The summed E-state index contributed by atoms with van der Waals surface area (Å²) in [7, 11) is 0. The molecule has 1 unspecified atom stereocenters. The van der Waals surface area contributed by atoms with Crippen LogP contribution in [0.2, 0.25) is 0 Å². The molecule has 2 aliphatic rings. The number of aliphatic hydroxyl groups is 1. The smallest absolute Gasteiger partial charge is 0.271 e. The van der Waals surface area contributed by atoms with Gasteiger partial charge in [0.05, 0.1) is 6.61 Å². The van der Waals surface area contributed by atoms with Crippen LogP contribution >= 0.6 is 0 Å². The number of likely N-dealkylation sites (tertiary alicyclic amines) is 1. The van der Waals surface area contributed by atoms with Gasteiger partial charge in [-0.25, -0.2) is 0 Å². The van der Waals surface area contributed by atoms with E-state index in [-0.39, 0.29) is 12.5 Å². The lowest BCUT2D eigenvalue weighted by atomic mass is 9.87. The number of carbonyl (C=O) groups is 1. The summed E-state index contributed by atoms with van der Waals surface area (Å²) in [5, 5.41) is 19.6. The second-order valence-corrected chi connectivity index (χ2v) is 7.52. The lowest BCUT2D eigenvalue weighted by molar-refractivity contribution is 0.0947. The number of hydrogen-bond acceptors (Lipinski definition) is 4. The Morgan fingerprint density at radius 2 is 2.08 bits per heavy atom. The number of aliphatic hydroxyl groups excluding tert-OH is 1. The van der Waals surface area contributed by atoms with E-state index in [1.54, 1.807) is 0 Å². The Hall–Kier alpha value is -1.40. The van der Waals surface area contributed by atoms with Gasteiger partial charge in [0.1, 0.15) is 5.69 Å². The highest BCUT2D eigenvalue weighted by atomic mass is 16.3. The SMILES string of the molecule is O=C(NCCCCN1CCCC1CO)c1cc(C2CCCCC2)[nH]n1. The van der Waals surface area contributed by atoms with E-state index in [1.807, 2.05) is 6.07 Å². The first-order valence-electron chi connectivity index (χ1n) is 9.96. The van der Waals surface area contributed by atoms with E-state index >= 15 is 0 Å². The van der Waals surface area contributed by atoms with Crippen molar-refractivity contribution in [3.05, 3.63) is 17.5 Å². The van der Waals surface area contributed by atoms with Crippen LogP contribution < -0.4 is 5.32 Å². The Bertz CT molecular complexity index is 539. The van der Waals surface area contributed by atoms with Crippen molar-refractivity contribution in [2.45, 2.75) is 69.7 Å². The number of aromatic amines is 1. The number of hydrogen-bond donors (Lipinski definition) is 3. The highest BCUT2D eigenvalue weighted by molar-refractivity contribution is 5.92. The Kier molecular flexibility index (Phi) is 6.87. The minimum atomic E-state index is -0.0762. The molecule has 25 heavy (non-hydrogen) atoms. The molecule has 0 spiro atoms. The third-order valence-corrected chi connectivity index (χ3v) is 5.74. The fraction of sp³-hybridized carbons (Fsp3) is 0.789. The summed E-state index contributed by atoms with van der Waals surface area (Å²) < 4.78 is 0. The van der Waals surface area contributed by atoms with Crippen LogP contribution in [0.4, 0.5) is 0 Å². The largest absolute Gasteiger partial charge is 0.395 e. The predicted molar refractivity (Wildman–Crippen MR) is 97.7 cm³/mol. The summed E-state index contributed by atoms with van der Waals surface area (Å²) in [4.78, 5) is 14.6. The third-order valence-electron chi connectivity index (χ3n) is 5.74. The summed E-state index contributed by atoms with van der Waals surface area (Å²) in [5.41, 5.74) is 1.63. The first-order valence-corrected chi connectivity index (χ1v) is 9.96. The molecule has 1 saturated heterocycles. The predicted octanol–water partition coefficient (Wildman–Crippen LogP) is 2.42. The van der Waals surface area contributed by atoms with Gasteiger partial charge in [-0.2, -0.15) is 5.10 Å². The topological polar surface area (TPSA) is 81.3 Å². The van der Waals surface area contributed by atoms with Gasteiger partial charge >= 0.3 is 0 Å². The maximum Gasteiger partial charge on any atom is 0.271 e. The number of amides is 1. The van der Waals surface area contributed by atoms with Crippen molar-refractivity contribution in [2.24, 2.45) is 0 Å². The van der Waals surface area contributed by atoms with E-state index in [9.17, 15) is 9.90 Å². The van der Waals surface area contributed by atoms with Crippen LogP contribution in [0.1, 0.15) is 79.9 Å². The molecule has 1 atom stereocenters. The fourth-order valence-electron chi connectivity index (χ4n) is 4.20. The Labute approximate surface area is 150 Å². The number of nitrogens with zero attached hydrogens (tertiary/aromatic N) is 2. The highest BCUT2D eigenvalue weighted by Gasteiger charge is 2.23. The molecule has 0 radical (unpaired) electrons. The number of carbonyl (C=O) groups excluding carboxylic acids is 1. The minimum Gasteiger partial charge on any atom is -0.395 e. The number of unbranched alkanes of at least 4 members (excludes halogenated alkanes) is 1. The Morgan fingerprint density at radius 3 is 2.88 bits per heavy atom. The van der Waals surface area contributed by atoms with Crippen LogP contribution in [-0.2, 0) is 0 Å². The van der Waals surface area contributed by atoms with Crippen molar-refractivity contribution in [3.8, 4) is 0 Å². The second-order valence-electron chi connectivity index (χ2n) is 7.52. The van der Waals surface area contributed by atoms with Gasteiger partial charge in [-0.1, -0.05) is 19.3 Å². The molecule has 3 N–H and O–H groups in total. The van der Waals surface area contributed by atoms with Crippen LogP contribution in [0.5, 0.6) is 0 Å². The summed E-state index contributed by atoms with van der Waals surface area (Å²) in [5.74, 6) is 0.468. The van der Waals surface area contributed by atoms with Gasteiger partial charge in [0, 0.05) is 24.2 Å². The molecule has 1 aromatic heterocycles. The van der Waals surface area contributed by atoms with Gasteiger partial charge in [0.25, 0.3) is 5.91 Å². The van der Waals surface area contributed by atoms with E-state index in [2.05, 4.69) is 20.4 Å². The fourth-order valence-corrected chi connectivity index (χ4v) is 4.20. The molecule has 1 aliphatic carbocycles. The zero-order valence-electron chi connectivity index (χ0n) is 15.2. The number of nitrogens with one attached hydrogen (secondary N) is 2. The van der Waals surface area contributed by atoms with E-state index in [4.69, 9.17) is 0 Å². The summed E-state index contributed by atoms with van der Waals surface area (Å²) >= 11 is 0. The average Bonchev–Trinajstić information content (AvgIpc) is 3.31. The molecular formula is C19H32N4O2. The highest BCUT2D eigenvalue weighted by Crippen LogP contribution is 2.31. The second kappa shape index (κ2) is 9.34. The molecule has 1 amide bonds. The van der Waals surface area contributed by atoms with E-state index in [0.29, 0.717) is 24.2 Å². The molecule has 2 heterocycles. The minimum absolute atomic E-state index is 0.0762. The van der Waals surface area contributed by atoms with E-state index in [0.717, 1.165) is 38.0 Å². The summed E-state index contributed by atoms with van der Waals surface area (Å²) in [6, 6.07) is 2.28. The van der Waals surface area contributed by atoms with E-state index < -0.39 is 0 Å². The van der Waals surface area contributed by atoms with Crippen LogP contribution in [-0.4, -0.2) is 58.4 Å². The standard InChI is InChI=1S/C19H32N4O2/c24-14-16-9-6-12-23(16)11-5-4-10-20-19(25)18-13-17(21-22-18)15-7-2-1-3-8-15/h13,15-16,24H,1-12,14H2,(H,20,25)(H,21,22). The normalized spacial score (nSPS) is 22.4. The van der Waals surface area contributed by atoms with Gasteiger partial charge in [0.2, 0.25) is 0 Å². The van der Waals surface area contributed by atoms with Crippen molar-refractivity contribution < 1.29 is 9.90 Å². The van der Waals surface area contributed by atoms with Gasteiger partial charge in [-0.3, -0.25) is 14.8 Å². The number of aromatic nitrogens is 2. The van der Waals surface area contributed by atoms with Crippen molar-refractivity contribution in [1.29, 1.82) is 0 Å². The quantitative estimate of drug-likeness (QED) is 0.630. The van der Waals surface area contributed by atoms with Gasteiger partial charge in [0.15, 0.2) is 0 Å². The average molecular weight is 348 g/mol. The maximum absolute atomic E-state index is 12.2. The molecular weight excluding hydrogens is 316 g/mol. The first kappa shape index (κ1) is 18.4. The maximum atomic E-state index is 12.2. The number of rotatable bonds is 8. The summed E-state index contributed by atoms with van der Waals surface area (Å²) in [6.07, 6.45) is 10.6. The first-order chi connectivity index (χ1) is 12.3. The molecule has 1 aromatic rings. The van der Waals surface area contributed by atoms with Crippen LogP contribution in [0.25, 0.3) is 0 Å². The Morgan fingerprint density at radius 1 is 1.24 bits per heavy atom. The van der Waals surface area contributed by atoms with Gasteiger partial charge < -0.3 is 10.4 Å². The molecule has 0 bridgehead atoms. The lowest BCUT2D eigenvalue weighted by Crippen LogP contribution is -2.33. The zero-order chi connectivity index (χ0) is 17.5. The van der Waals surface area contributed by atoms with Crippen molar-refractivity contribution in [2.75, 3.05) is 26.2 Å². The Balaban J connectivity index is 1.34. The molecule has 1 aliphatic heterocycles. The van der Waals surface area contributed by atoms with Crippen molar-refractivity contribution >= 4 is 5.91 Å². The zero-order valence-corrected chi connectivity index (χ0v) is 15.2. The molecule has 1 saturated carbocycles. The molecule has 6 heteroatoms. The number of H-pyrrole nitrogens is 1. The van der Waals surface area contributed by atoms with Gasteiger partial charge in [-0.15, -0.1) is 0 Å².